The van der Waals surface area contributed by atoms with Gasteiger partial charge in [0, 0.05) is 50.5 Å². The average molecular weight is 496 g/mol. The van der Waals surface area contributed by atoms with Crippen molar-refractivity contribution in [2.24, 2.45) is 7.05 Å². The molecule has 0 atom stereocenters. The van der Waals surface area contributed by atoms with Gasteiger partial charge in [-0.2, -0.15) is 0 Å². The fraction of sp³-hybridized carbons (Fsp3) is 0.400. The van der Waals surface area contributed by atoms with E-state index < -0.39 is 0 Å². The quantitative estimate of drug-likeness (QED) is 0.408. The number of para-hydroxylation sites is 1. The van der Waals surface area contributed by atoms with E-state index in [-0.39, 0.29) is 24.1 Å². The van der Waals surface area contributed by atoms with Crippen molar-refractivity contribution in [2.75, 3.05) is 33.4 Å². The Morgan fingerprint density at radius 2 is 2.06 bits per heavy atom. The Morgan fingerprint density at radius 1 is 1.29 bits per heavy atom. The first-order valence-electron chi connectivity index (χ1n) is 11.7. The number of amides is 1. The second-order valence-electron chi connectivity index (χ2n) is 8.84. The van der Waals surface area contributed by atoms with Crippen molar-refractivity contribution in [2.45, 2.75) is 25.4 Å². The van der Waals surface area contributed by atoms with E-state index in [0.29, 0.717) is 29.1 Å². The maximum Gasteiger partial charge on any atom is 0.265 e. The van der Waals surface area contributed by atoms with Gasteiger partial charge in [0.25, 0.3) is 11.5 Å². The number of aryl methyl sites for hydroxylation is 1. The van der Waals surface area contributed by atoms with Crippen LogP contribution >= 0.6 is 11.3 Å². The number of nitrogens with one attached hydrogen (secondary N) is 1. The molecule has 3 aromatic heterocycles. The molecule has 1 aromatic carbocycles. The van der Waals surface area contributed by atoms with Crippen LogP contribution in [0.1, 0.15) is 28.3 Å². The average Bonchev–Trinajstić information content (AvgIpc) is 3.46. The third-order valence-corrected chi connectivity index (χ3v) is 7.94. The first-order chi connectivity index (χ1) is 17.0. The standard InChI is InChI=1S/C25H29N5O4S/c1-28-12-9-26-19(28)15-30-18-6-4-3-5-17(18)22-20(25(30)33)21(34-2)23(35-22)24(32)27-16-7-10-29(11-8-16)13-14-31/h3-6,9,12,16,31H,7-8,10-11,13-15H2,1-2H3,(H,27,32). The lowest BCUT2D eigenvalue weighted by atomic mass is 10.0. The highest BCUT2D eigenvalue weighted by Crippen LogP contribution is 2.39. The molecule has 0 spiro atoms. The molecule has 10 heteroatoms. The summed E-state index contributed by atoms with van der Waals surface area (Å²) in [5, 5.41) is 13.6. The van der Waals surface area contributed by atoms with E-state index in [2.05, 4.69) is 15.2 Å². The highest BCUT2D eigenvalue weighted by molar-refractivity contribution is 7.22. The summed E-state index contributed by atoms with van der Waals surface area (Å²) in [6.45, 7) is 2.77. The topological polar surface area (TPSA) is 102 Å². The number of rotatable bonds is 7. The van der Waals surface area contributed by atoms with Gasteiger partial charge in [-0.25, -0.2) is 4.98 Å². The number of thiophene rings is 1. The number of hydrogen-bond donors (Lipinski definition) is 2. The molecule has 0 aliphatic carbocycles. The Labute approximate surface area is 206 Å². The number of aliphatic hydroxyl groups excluding tert-OH is 1. The van der Waals surface area contributed by atoms with E-state index in [1.54, 1.807) is 10.8 Å². The molecule has 184 valence electrons. The number of benzene rings is 1. The minimum absolute atomic E-state index is 0.0455. The molecule has 1 saturated heterocycles. The first kappa shape index (κ1) is 23.5. The Kier molecular flexibility index (Phi) is 6.59. The number of likely N-dealkylation sites (tertiary alicyclic amines) is 1. The van der Waals surface area contributed by atoms with Crippen molar-refractivity contribution in [1.29, 1.82) is 0 Å². The van der Waals surface area contributed by atoms with E-state index in [1.807, 2.05) is 42.1 Å². The fourth-order valence-corrected chi connectivity index (χ4v) is 6.03. The van der Waals surface area contributed by atoms with Gasteiger partial charge in [-0.15, -0.1) is 11.3 Å². The lowest BCUT2D eigenvalue weighted by Crippen LogP contribution is -2.45. The Balaban J connectivity index is 1.55. The Morgan fingerprint density at radius 3 is 2.74 bits per heavy atom. The number of fused-ring (bicyclic) bond motifs is 3. The third kappa shape index (κ3) is 4.33. The summed E-state index contributed by atoms with van der Waals surface area (Å²) in [7, 11) is 3.40. The summed E-state index contributed by atoms with van der Waals surface area (Å²) < 4.78 is 10.0. The van der Waals surface area contributed by atoms with Gasteiger partial charge in [-0.05, 0) is 18.9 Å². The molecule has 4 aromatic rings. The molecule has 1 fully saturated rings. The smallest absolute Gasteiger partial charge is 0.265 e. The second-order valence-corrected chi connectivity index (χ2v) is 9.86. The van der Waals surface area contributed by atoms with Gasteiger partial charge in [0.15, 0.2) is 5.75 Å². The fourth-order valence-electron chi connectivity index (χ4n) is 4.83. The van der Waals surface area contributed by atoms with Gasteiger partial charge in [0.05, 0.1) is 30.5 Å². The lowest BCUT2D eigenvalue weighted by Gasteiger charge is -2.31. The summed E-state index contributed by atoms with van der Waals surface area (Å²) >= 11 is 1.30. The number of nitrogens with zero attached hydrogens (tertiary/aromatic N) is 4. The number of aromatic nitrogens is 3. The maximum atomic E-state index is 13.8. The molecular formula is C25H29N5O4S. The van der Waals surface area contributed by atoms with Crippen LogP contribution in [0.4, 0.5) is 0 Å². The Hall–Kier alpha value is -3.21. The molecule has 0 unspecified atom stereocenters. The number of β-amino-alcohol motifs (C(OH)–C–C–N with tert-alkyl or cyclic N) is 1. The minimum Gasteiger partial charge on any atom is -0.494 e. The van der Waals surface area contributed by atoms with Crippen molar-refractivity contribution in [3.63, 3.8) is 0 Å². The Bertz CT molecular complexity index is 1430. The van der Waals surface area contributed by atoms with Crippen LogP contribution in [0.5, 0.6) is 5.75 Å². The number of imidazole rings is 1. The van der Waals surface area contributed by atoms with Crippen molar-refractivity contribution in [1.82, 2.24) is 24.3 Å². The SMILES string of the molecule is COc1c(C(=O)NC2CCN(CCO)CC2)sc2c1c(=O)n(Cc1nccn1C)c1ccccc21. The highest BCUT2D eigenvalue weighted by atomic mass is 32.1. The van der Waals surface area contributed by atoms with Gasteiger partial charge in [-0.3, -0.25) is 14.2 Å². The van der Waals surface area contributed by atoms with Crippen LogP contribution < -0.4 is 15.6 Å². The summed E-state index contributed by atoms with van der Waals surface area (Å²) in [6.07, 6.45) is 5.20. The van der Waals surface area contributed by atoms with E-state index in [0.717, 1.165) is 47.4 Å². The van der Waals surface area contributed by atoms with Gasteiger partial charge in [-0.1, -0.05) is 18.2 Å². The molecule has 5 rings (SSSR count). The molecule has 1 amide bonds. The summed E-state index contributed by atoms with van der Waals surface area (Å²) in [5.74, 6) is 0.864. The zero-order chi connectivity index (χ0) is 24.5. The summed E-state index contributed by atoms with van der Waals surface area (Å²) in [4.78, 5) is 34.1. The molecule has 35 heavy (non-hydrogen) atoms. The van der Waals surface area contributed by atoms with Crippen molar-refractivity contribution in [3.05, 3.63) is 57.7 Å². The predicted octanol–water partition coefficient (Wildman–Crippen LogP) is 2.19. The molecular weight excluding hydrogens is 466 g/mol. The number of carbonyl (C=O) groups is 1. The predicted molar refractivity (Wildman–Crippen MR) is 136 cm³/mol. The largest absolute Gasteiger partial charge is 0.494 e. The van der Waals surface area contributed by atoms with Crippen molar-refractivity contribution in [3.8, 4) is 5.75 Å². The number of methoxy groups -OCH3 is 1. The summed E-state index contributed by atoms with van der Waals surface area (Å²) in [6, 6.07) is 7.78. The van der Waals surface area contributed by atoms with Crippen LogP contribution in [0.15, 0.2) is 41.5 Å². The number of pyridine rings is 1. The van der Waals surface area contributed by atoms with Crippen LogP contribution in [0, 0.1) is 0 Å². The van der Waals surface area contributed by atoms with Gasteiger partial charge in [0.2, 0.25) is 0 Å². The molecule has 0 saturated carbocycles. The zero-order valence-corrected chi connectivity index (χ0v) is 20.7. The van der Waals surface area contributed by atoms with Crippen LogP contribution in [0.3, 0.4) is 0 Å². The van der Waals surface area contributed by atoms with E-state index in [1.165, 1.54) is 18.4 Å². The molecule has 1 aliphatic heterocycles. The van der Waals surface area contributed by atoms with Crippen LogP contribution in [0.2, 0.25) is 0 Å². The van der Waals surface area contributed by atoms with E-state index in [4.69, 9.17) is 9.84 Å². The number of piperidine rings is 1. The van der Waals surface area contributed by atoms with Crippen molar-refractivity contribution >= 4 is 38.2 Å². The van der Waals surface area contributed by atoms with Crippen molar-refractivity contribution < 1.29 is 14.6 Å². The number of carbonyl (C=O) groups excluding carboxylic acids is 1. The van der Waals surface area contributed by atoms with Gasteiger partial charge >= 0.3 is 0 Å². The summed E-state index contributed by atoms with van der Waals surface area (Å²) in [5.41, 5.74) is 0.589. The zero-order valence-electron chi connectivity index (χ0n) is 19.9. The monoisotopic (exact) mass is 495 g/mol. The number of ether oxygens (including phenoxy) is 1. The second kappa shape index (κ2) is 9.80. The molecule has 4 heterocycles. The molecule has 9 nitrogen and oxygen atoms in total. The van der Waals surface area contributed by atoms with Crippen LogP contribution in [0.25, 0.3) is 21.0 Å². The van der Waals surface area contributed by atoms with E-state index in [9.17, 15) is 9.59 Å². The molecule has 2 N–H and O–H groups in total. The highest BCUT2D eigenvalue weighted by Gasteiger charge is 2.27. The van der Waals surface area contributed by atoms with Crippen LogP contribution in [-0.2, 0) is 13.6 Å². The van der Waals surface area contributed by atoms with E-state index >= 15 is 0 Å². The lowest BCUT2D eigenvalue weighted by molar-refractivity contribution is 0.0904. The van der Waals surface area contributed by atoms with Crippen LogP contribution in [-0.4, -0.2) is 69.4 Å². The van der Waals surface area contributed by atoms with Gasteiger partial charge < -0.3 is 24.6 Å². The van der Waals surface area contributed by atoms with Gasteiger partial charge in [0.1, 0.15) is 16.1 Å². The molecule has 1 aliphatic rings. The normalized spacial score (nSPS) is 15.2. The maximum absolute atomic E-state index is 13.8. The molecule has 0 radical (unpaired) electrons. The number of hydrogen-bond acceptors (Lipinski definition) is 7. The third-order valence-electron chi connectivity index (χ3n) is 6.73. The minimum atomic E-state index is -0.220. The number of aliphatic hydroxyl groups is 1. The molecule has 0 bridgehead atoms. The first-order valence-corrected chi connectivity index (χ1v) is 12.6.